The second kappa shape index (κ2) is 53.8. The van der Waals surface area contributed by atoms with Crippen LogP contribution < -0.4 is 28.4 Å². The van der Waals surface area contributed by atoms with E-state index in [2.05, 4.69) is 305 Å². The van der Waals surface area contributed by atoms with E-state index in [-0.39, 0.29) is 0 Å². The Balaban J connectivity index is 0.803. The van der Waals surface area contributed by atoms with E-state index in [1.165, 1.54) is 114 Å². The predicted molar refractivity (Wildman–Crippen MR) is 565 cm³/mol. The Kier molecular flexibility index (Phi) is 39.3. The second-order valence-corrected chi connectivity index (χ2v) is 34.8. The Morgan fingerprint density at radius 3 is 0.627 bits per heavy atom. The van der Waals surface area contributed by atoms with Crippen LogP contribution in [-0.2, 0) is 0 Å². The molecule has 0 aliphatic rings. The molecule has 0 N–H and O–H groups in total. The molecule has 0 unspecified atom stereocenters. The number of rotatable bonds is 54. The van der Waals surface area contributed by atoms with Gasteiger partial charge in [-0.3, -0.25) is 0 Å². The van der Waals surface area contributed by atoms with Crippen LogP contribution in [0.4, 0.5) is 0 Å². The van der Waals surface area contributed by atoms with Crippen molar-refractivity contribution in [2.75, 3.05) is 40.6 Å². The molecule has 0 spiro atoms. The SMILES string of the molecule is CCCCCCCCOc1cc(OC)c(OCCCCCCCC)cc1/C=C/c1ccc(/C=C/c2cc(/C=C/c3ccc(/C=C/c4ccc(-c5nnc(-c6ccc(C)cc6)o5)cc4)cc3)c(/C=C/c3ccc(/C=C/c4cc(OCCCCCCCC)c(OC)cc4OCCCCCCCC)cc3)cc2/C=C/c2ccc(/C=C/c3ccc(-c4nnc(-c5ccc(C)cc5)o4)cc3)cc2)cc1. The van der Waals surface area contributed by atoms with Crippen LogP contribution in [0.2, 0.25) is 0 Å². The van der Waals surface area contributed by atoms with Gasteiger partial charge in [-0.05, 0) is 190 Å². The molecule has 690 valence electrons. The van der Waals surface area contributed by atoms with Crippen molar-refractivity contribution < 1.29 is 37.3 Å². The van der Waals surface area contributed by atoms with Gasteiger partial charge in [-0.15, -0.1) is 20.4 Å². The Morgan fingerprint density at radius 1 is 0.201 bits per heavy atom. The molecule has 2 heterocycles. The van der Waals surface area contributed by atoms with Crippen molar-refractivity contribution in [3.05, 3.63) is 331 Å². The molecule has 134 heavy (non-hydrogen) atoms. The standard InChI is InChI=1S/C122H134N4O8/c1-9-13-17-21-25-29-81-129-113-89-115(127-7)117(131-83-31-27-23-19-15-11-3)87-111(113)79-65-99-51-47-97(48-52-99)63-77-109-85-108(76-62-96-45-39-94(40-46-96)42-56-102-59-73-106(74-60-102)122-126-124-120(134-122)104-69-35-92(6)36-70-104)110(86-107(109)75-61-95-43-37-93(38-44-95)41-55-101-57-71-105(72-58-101)121-125-123-119(133-121)103-67-33-91(5)34-68-103)78-64-98-49-53-100(54-50-98)66-80-112-88-118(132-84-32-28-24-20-16-12-4)116(128-8)90-114(112)130-82-30-26-22-18-14-10-2/h33-80,85-90H,9-32,81-84H2,1-8H3/b55-41+,56-42+,75-61+,76-62+,77-63+,78-64+,79-65+,80-66+. The van der Waals surface area contributed by atoms with E-state index < -0.39 is 0 Å². The maximum absolute atomic E-state index is 6.58. The van der Waals surface area contributed by atoms with Crippen molar-refractivity contribution in [3.8, 4) is 80.3 Å². The zero-order valence-electron chi connectivity index (χ0n) is 80.0. The lowest BCUT2D eigenvalue weighted by atomic mass is 9.95. The third-order valence-corrected chi connectivity index (χ3v) is 24.1. The molecule has 12 heteroatoms. The Hall–Kier alpha value is -13.6. The highest BCUT2D eigenvalue weighted by Crippen LogP contribution is 2.40. The highest BCUT2D eigenvalue weighted by molar-refractivity contribution is 5.88. The molecule has 13 aromatic rings. The molecule has 0 aliphatic heterocycles. The average molecular weight is 1780 g/mol. The van der Waals surface area contributed by atoms with Gasteiger partial charge in [-0.1, -0.05) is 410 Å². The molecule has 2 aromatic heterocycles. The van der Waals surface area contributed by atoms with Crippen LogP contribution in [0.15, 0.2) is 239 Å². The summed E-state index contributed by atoms with van der Waals surface area (Å²) in [5.74, 6) is 6.37. The first-order valence-electron chi connectivity index (χ1n) is 49.0. The predicted octanol–water partition coefficient (Wildman–Crippen LogP) is 34.1. The molecule has 11 aromatic carbocycles. The fourth-order valence-corrected chi connectivity index (χ4v) is 15.8. The van der Waals surface area contributed by atoms with Crippen LogP contribution >= 0.6 is 0 Å². The number of unbranched alkanes of at least 4 members (excludes halogenated alkanes) is 20. The summed E-state index contributed by atoms with van der Waals surface area (Å²) in [4.78, 5) is 0. The quantitative estimate of drug-likeness (QED) is 0.0265. The van der Waals surface area contributed by atoms with Crippen molar-refractivity contribution >= 4 is 97.2 Å². The molecule has 12 nitrogen and oxygen atoms in total. The minimum Gasteiger partial charge on any atom is -0.493 e. The zero-order chi connectivity index (χ0) is 92.9. The number of aromatic nitrogens is 4. The first-order valence-corrected chi connectivity index (χ1v) is 49.0. The fourth-order valence-electron chi connectivity index (χ4n) is 15.8. The van der Waals surface area contributed by atoms with Gasteiger partial charge >= 0.3 is 0 Å². The van der Waals surface area contributed by atoms with Gasteiger partial charge in [0.2, 0.25) is 23.6 Å². The minimum atomic E-state index is 0.482. The number of ether oxygens (including phenoxy) is 6. The lowest BCUT2D eigenvalue weighted by Crippen LogP contribution is -2.03. The smallest absolute Gasteiger partial charge is 0.248 e. The summed E-state index contributed by atoms with van der Waals surface area (Å²) in [6.45, 7) is 15.7. The van der Waals surface area contributed by atoms with Gasteiger partial charge in [0.05, 0.1) is 40.6 Å². The third kappa shape index (κ3) is 31.3. The molecule has 0 saturated heterocycles. The lowest BCUT2D eigenvalue weighted by Gasteiger charge is -2.16. The molecular weight excluding hydrogens is 1650 g/mol. The van der Waals surface area contributed by atoms with Gasteiger partial charge in [0.1, 0.15) is 11.5 Å². The van der Waals surface area contributed by atoms with Gasteiger partial charge in [-0.2, -0.15) is 0 Å². The summed E-state index contributed by atoms with van der Waals surface area (Å²) in [7, 11) is 3.42. The van der Waals surface area contributed by atoms with E-state index in [4.69, 9.17) is 37.3 Å². The van der Waals surface area contributed by atoms with E-state index in [1.807, 2.05) is 84.9 Å². The van der Waals surface area contributed by atoms with Crippen LogP contribution in [-0.4, -0.2) is 61.0 Å². The molecule has 0 amide bonds. The summed E-state index contributed by atoms with van der Waals surface area (Å²) >= 11 is 0. The van der Waals surface area contributed by atoms with E-state index in [9.17, 15) is 0 Å². The van der Waals surface area contributed by atoms with Gasteiger partial charge < -0.3 is 37.3 Å². The van der Waals surface area contributed by atoms with Crippen LogP contribution in [0.5, 0.6) is 34.5 Å². The van der Waals surface area contributed by atoms with Gasteiger partial charge in [0, 0.05) is 45.5 Å². The van der Waals surface area contributed by atoms with E-state index in [1.54, 1.807) is 14.2 Å². The average Bonchev–Trinajstić information content (AvgIpc) is 1.37. The number of aryl methyl sites for hydroxylation is 2. The Labute approximate surface area is 797 Å². The molecule has 0 fully saturated rings. The monoisotopic (exact) mass is 1780 g/mol. The second-order valence-electron chi connectivity index (χ2n) is 34.8. The molecule has 13 rings (SSSR count). The summed E-state index contributed by atoms with van der Waals surface area (Å²) in [6, 6.07) is 80.2. The molecule has 0 radical (unpaired) electrons. The first kappa shape index (κ1) is 97.9. The molecule has 0 atom stereocenters. The normalized spacial score (nSPS) is 11.9. The largest absolute Gasteiger partial charge is 0.493 e. The zero-order valence-corrected chi connectivity index (χ0v) is 80.0. The van der Waals surface area contributed by atoms with Gasteiger partial charge in [-0.25, -0.2) is 0 Å². The van der Waals surface area contributed by atoms with Crippen molar-refractivity contribution in [3.63, 3.8) is 0 Å². The number of hydrogen-bond donors (Lipinski definition) is 0. The lowest BCUT2D eigenvalue weighted by molar-refractivity contribution is 0.278. The third-order valence-electron chi connectivity index (χ3n) is 24.1. The van der Waals surface area contributed by atoms with E-state index in [0.29, 0.717) is 61.5 Å². The van der Waals surface area contributed by atoms with Crippen LogP contribution in [0.25, 0.3) is 143 Å². The summed E-state index contributed by atoms with van der Waals surface area (Å²) in [5.41, 5.74) is 22.6. The maximum atomic E-state index is 6.58. The van der Waals surface area contributed by atoms with Crippen LogP contribution in [0, 0.1) is 13.8 Å². The molecular formula is C122H134N4O8. The van der Waals surface area contributed by atoms with Gasteiger partial charge in [0.25, 0.3) is 0 Å². The van der Waals surface area contributed by atoms with Crippen molar-refractivity contribution in [2.24, 2.45) is 0 Å². The summed E-state index contributed by atoms with van der Waals surface area (Å²) in [5, 5.41) is 17.4. The van der Waals surface area contributed by atoms with Crippen LogP contribution in [0.3, 0.4) is 0 Å². The molecule has 0 aliphatic carbocycles. The summed E-state index contributed by atoms with van der Waals surface area (Å²) in [6.07, 6.45) is 63.4. The Bertz CT molecular complexity index is 5620. The number of methoxy groups -OCH3 is 2. The van der Waals surface area contributed by atoms with E-state index >= 15 is 0 Å². The highest BCUT2D eigenvalue weighted by Gasteiger charge is 2.18. The topological polar surface area (TPSA) is 133 Å². The fraction of sp³-hybridized carbons (Fsp3) is 0.295. The number of benzene rings is 11. The number of hydrogen-bond acceptors (Lipinski definition) is 12. The molecule has 0 bridgehead atoms. The molecule has 0 saturated carbocycles. The van der Waals surface area contributed by atoms with E-state index in [0.717, 1.165) is 186 Å². The highest BCUT2D eigenvalue weighted by atomic mass is 16.5. The maximum Gasteiger partial charge on any atom is 0.248 e. The Morgan fingerprint density at radius 2 is 0.396 bits per heavy atom. The van der Waals surface area contributed by atoms with Crippen molar-refractivity contribution in [1.29, 1.82) is 0 Å². The van der Waals surface area contributed by atoms with Crippen molar-refractivity contribution in [1.82, 2.24) is 20.4 Å². The van der Waals surface area contributed by atoms with Crippen molar-refractivity contribution in [2.45, 2.75) is 196 Å². The number of nitrogens with zero attached hydrogens (tertiary/aromatic N) is 4. The first-order chi connectivity index (χ1) is 65.9. The minimum absolute atomic E-state index is 0.482. The summed E-state index contributed by atoms with van der Waals surface area (Å²) < 4.78 is 50.2. The van der Waals surface area contributed by atoms with Gasteiger partial charge in [0.15, 0.2) is 23.0 Å². The van der Waals surface area contributed by atoms with Crippen LogP contribution in [0.1, 0.15) is 282 Å².